The van der Waals surface area contributed by atoms with Crippen LogP contribution in [0, 0.1) is 13.8 Å². The van der Waals surface area contributed by atoms with Crippen molar-refractivity contribution in [2.24, 2.45) is 0 Å². The number of rotatable bonds is 7. The van der Waals surface area contributed by atoms with Crippen molar-refractivity contribution in [3.8, 4) is 0 Å². The summed E-state index contributed by atoms with van der Waals surface area (Å²) in [4.78, 5) is 33.0. The maximum atomic E-state index is 12.2. The van der Waals surface area contributed by atoms with E-state index >= 15 is 0 Å². The van der Waals surface area contributed by atoms with Crippen molar-refractivity contribution in [1.29, 1.82) is 0 Å². The van der Waals surface area contributed by atoms with Gasteiger partial charge in [0.1, 0.15) is 0 Å². The second-order valence-electron chi connectivity index (χ2n) is 5.57. The van der Waals surface area contributed by atoms with Crippen molar-refractivity contribution in [1.82, 2.24) is 15.3 Å². The van der Waals surface area contributed by atoms with Crippen molar-refractivity contribution in [2.45, 2.75) is 32.3 Å². The van der Waals surface area contributed by atoms with Gasteiger partial charge in [-0.05, 0) is 38.5 Å². The largest absolute Gasteiger partial charge is 0.352 e. The Morgan fingerprint density at radius 1 is 1.12 bits per heavy atom. The Bertz CT molecular complexity index is 744. The third kappa shape index (κ3) is 5.86. The summed E-state index contributed by atoms with van der Waals surface area (Å²) in [6, 6.07) is 8.85. The van der Waals surface area contributed by atoms with E-state index in [2.05, 4.69) is 20.6 Å². The van der Waals surface area contributed by atoms with Crippen LogP contribution in [0.15, 0.2) is 35.5 Å². The smallest absolute Gasteiger partial charge is 0.253 e. The van der Waals surface area contributed by atoms with Gasteiger partial charge in [-0.3, -0.25) is 9.59 Å². The van der Waals surface area contributed by atoms with Gasteiger partial charge in [-0.15, -0.1) is 0 Å². The maximum absolute atomic E-state index is 12.2. The van der Waals surface area contributed by atoms with Crippen LogP contribution in [-0.2, 0) is 4.79 Å². The summed E-state index contributed by atoms with van der Waals surface area (Å²) >= 11 is 1.27. The number of hydrogen-bond donors (Lipinski definition) is 2. The maximum Gasteiger partial charge on any atom is 0.253 e. The summed E-state index contributed by atoms with van der Waals surface area (Å²) in [7, 11) is 0. The molecule has 132 valence electrons. The average Bonchev–Trinajstić information content (AvgIpc) is 2.57. The van der Waals surface area contributed by atoms with Crippen LogP contribution in [-0.4, -0.2) is 34.1 Å². The molecular weight excluding hydrogens is 336 g/mol. The first-order valence-electron chi connectivity index (χ1n) is 8.11. The van der Waals surface area contributed by atoms with Gasteiger partial charge in [-0.25, -0.2) is 9.97 Å². The fraction of sp³-hybridized carbons (Fsp3) is 0.333. The molecule has 0 aliphatic carbocycles. The standard InChI is InChI=1S/C18H22N4O2S/c1-4-9-19-17(24)14-7-5-6-8-15(14)22-16(23)11-25-18-20-12(2)10-13(3)21-18/h5-8,10H,4,9,11H2,1-3H3,(H,19,24)(H,22,23). The van der Waals surface area contributed by atoms with E-state index in [1.165, 1.54) is 11.8 Å². The Balaban J connectivity index is 1.99. The lowest BCUT2D eigenvalue weighted by atomic mass is 10.1. The van der Waals surface area contributed by atoms with E-state index in [-0.39, 0.29) is 17.6 Å². The number of benzene rings is 1. The fourth-order valence-corrected chi connectivity index (χ4v) is 2.95. The Kier molecular flexibility index (Phi) is 6.94. The van der Waals surface area contributed by atoms with Crippen LogP contribution < -0.4 is 10.6 Å². The molecule has 0 spiro atoms. The molecular formula is C18H22N4O2S. The Morgan fingerprint density at radius 3 is 2.48 bits per heavy atom. The van der Waals surface area contributed by atoms with Gasteiger partial charge in [0.05, 0.1) is 17.0 Å². The van der Waals surface area contributed by atoms with Crippen molar-refractivity contribution in [2.75, 3.05) is 17.6 Å². The average molecular weight is 358 g/mol. The lowest BCUT2D eigenvalue weighted by Crippen LogP contribution is -2.26. The van der Waals surface area contributed by atoms with Gasteiger partial charge in [0.15, 0.2) is 5.16 Å². The lowest BCUT2D eigenvalue weighted by Gasteiger charge is -2.11. The number of aromatic nitrogens is 2. The third-order valence-electron chi connectivity index (χ3n) is 3.28. The molecule has 0 aliphatic heterocycles. The highest BCUT2D eigenvalue weighted by atomic mass is 32.2. The normalized spacial score (nSPS) is 10.4. The van der Waals surface area contributed by atoms with Gasteiger partial charge in [0.25, 0.3) is 5.91 Å². The zero-order valence-corrected chi connectivity index (χ0v) is 15.4. The number of carbonyl (C=O) groups excluding carboxylic acids is 2. The first kappa shape index (κ1) is 18.9. The highest BCUT2D eigenvalue weighted by molar-refractivity contribution is 7.99. The van der Waals surface area contributed by atoms with Crippen LogP contribution in [0.5, 0.6) is 0 Å². The highest BCUT2D eigenvalue weighted by Gasteiger charge is 2.13. The summed E-state index contributed by atoms with van der Waals surface area (Å²) in [5.41, 5.74) is 2.70. The molecule has 1 aromatic heterocycles. The molecule has 2 N–H and O–H groups in total. The monoisotopic (exact) mass is 358 g/mol. The minimum Gasteiger partial charge on any atom is -0.352 e. The summed E-state index contributed by atoms with van der Waals surface area (Å²) in [6.07, 6.45) is 0.854. The second-order valence-corrected chi connectivity index (χ2v) is 6.51. The molecule has 0 saturated carbocycles. The second kappa shape index (κ2) is 9.17. The van der Waals surface area contributed by atoms with Gasteiger partial charge in [0.2, 0.25) is 5.91 Å². The molecule has 0 saturated heterocycles. The number of thioether (sulfide) groups is 1. The van der Waals surface area contributed by atoms with Gasteiger partial charge in [-0.2, -0.15) is 0 Å². The Morgan fingerprint density at radius 2 is 1.80 bits per heavy atom. The van der Waals surface area contributed by atoms with Crippen molar-refractivity contribution in [3.63, 3.8) is 0 Å². The van der Waals surface area contributed by atoms with Crippen LogP contribution in [0.4, 0.5) is 5.69 Å². The molecule has 25 heavy (non-hydrogen) atoms. The van der Waals surface area contributed by atoms with Crippen LogP contribution in [0.25, 0.3) is 0 Å². The fourth-order valence-electron chi connectivity index (χ4n) is 2.20. The molecule has 0 radical (unpaired) electrons. The minimum atomic E-state index is -0.205. The van der Waals surface area contributed by atoms with Crippen LogP contribution in [0.1, 0.15) is 35.1 Å². The van der Waals surface area contributed by atoms with Crippen molar-refractivity contribution in [3.05, 3.63) is 47.3 Å². The number of nitrogens with one attached hydrogen (secondary N) is 2. The Labute approximate surface area is 151 Å². The van der Waals surface area contributed by atoms with E-state index in [0.29, 0.717) is 23.0 Å². The van der Waals surface area contributed by atoms with Crippen LogP contribution >= 0.6 is 11.8 Å². The minimum absolute atomic E-state index is 0.174. The first-order valence-corrected chi connectivity index (χ1v) is 9.10. The number of carbonyl (C=O) groups is 2. The van der Waals surface area contributed by atoms with E-state index < -0.39 is 0 Å². The molecule has 2 amide bonds. The van der Waals surface area contributed by atoms with Crippen LogP contribution in [0.2, 0.25) is 0 Å². The van der Waals surface area contributed by atoms with Gasteiger partial charge < -0.3 is 10.6 Å². The highest BCUT2D eigenvalue weighted by Crippen LogP contribution is 2.18. The number of hydrogen-bond acceptors (Lipinski definition) is 5. The van der Waals surface area contributed by atoms with Crippen molar-refractivity contribution >= 4 is 29.3 Å². The summed E-state index contributed by atoms with van der Waals surface area (Å²) in [6.45, 7) is 6.37. The predicted octanol–water partition coefficient (Wildman–Crippen LogP) is 2.96. The molecule has 0 unspecified atom stereocenters. The molecule has 6 nitrogen and oxygen atoms in total. The molecule has 0 bridgehead atoms. The summed E-state index contributed by atoms with van der Waals surface area (Å²) in [5.74, 6) is -0.222. The molecule has 2 rings (SSSR count). The molecule has 1 aromatic carbocycles. The Hall–Kier alpha value is -2.41. The predicted molar refractivity (Wildman–Crippen MR) is 99.9 cm³/mol. The van der Waals surface area contributed by atoms with Gasteiger partial charge in [0, 0.05) is 17.9 Å². The van der Waals surface area contributed by atoms with Gasteiger partial charge in [-0.1, -0.05) is 30.8 Å². The molecule has 0 fully saturated rings. The molecule has 1 heterocycles. The van der Waals surface area contributed by atoms with E-state index in [4.69, 9.17) is 0 Å². The summed E-state index contributed by atoms with van der Waals surface area (Å²) < 4.78 is 0. The topological polar surface area (TPSA) is 84.0 Å². The summed E-state index contributed by atoms with van der Waals surface area (Å²) in [5, 5.41) is 6.18. The zero-order valence-electron chi connectivity index (χ0n) is 14.6. The third-order valence-corrected chi connectivity index (χ3v) is 4.12. The SMILES string of the molecule is CCCNC(=O)c1ccccc1NC(=O)CSc1nc(C)cc(C)n1. The number of para-hydroxylation sites is 1. The number of amides is 2. The van der Waals surface area contributed by atoms with Gasteiger partial charge >= 0.3 is 0 Å². The van der Waals surface area contributed by atoms with E-state index in [9.17, 15) is 9.59 Å². The number of nitrogens with zero attached hydrogens (tertiary/aromatic N) is 2. The zero-order chi connectivity index (χ0) is 18.2. The van der Waals surface area contributed by atoms with E-state index in [0.717, 1.165) is 17.8 Å². The first-order chi connectivity index (χ1) is 12.0. The lowest BCUT2D eigenvalue weighted by molar-refractivity contribution is -0.113. The number of anilines is 1. The van der Waals surface area contributed by atoms with Crippen LogP contribution in [0.3, 0.4) is 0 Å². The molecule has 0 aliphatic rings. The molecule has 7 heteroatoms. The molecule has 0 atom stereocenters. The van der Waals surface area contributed by atoms with E-state index in [1.54, 1.807) is 24.3 Å². The number of aryl methyl sites for hydroxylation is 2. The quantitative estimate of drug-likeness (QED) is 0.587. The van der Waals surface area contributed by atoms with E-state index in [1.807, 2.05) is 26.8 Å². The molecule has 2 aromatic rings. The van der Waals surface area contributed by atoms with Crippen molar-refractivity contribution < 1.29 is 9.59 Å².